The first-order chi connectivity index (χ1) is 17.8. The minimum atomic E-state index is -0.337. The van der Waals surface area contributed by atoms with Crippen LogP contribution in [0.4, 0.5) is 11.4 Å². The largest absolute Gasteiger partial charge is 0.459 e. The van der Waals surface area contributed by atoms with Gasteiger partial charge in [0.15, 0.2) is 5.11 Å². The monoisotopic (exact) mass is 550 g/mol. The van der Waals surface area contributed by atoms with Crippen LogP contribution in [0.25, 0.3) is 11.3 Å². The summed E-state index contributed by atoms with van der Waals surface area (Å²) < 4.78 is 6.38. The number of nitrogens with zero attached hydrogens (tertiary/aromatic N) is 2. The second kappa shape index (κ2) is 10.5. The molecular weight excluding hydrogens is 527 g/mol. The molecule has 0 spiro atoms. The van der Waals surface area contributed by atoms with Gasteiger partial charge in [-0.25, -0.2) is 0 Å². The number of benzene rings is 2. The average Bonchev–Trinajstić information content (AvgIpc) is 3.51. The number of hydrogen-bond donors (Lipinski definition) is 2. The van der Waals surface area contributed by atoms with Gasteiger partial charge < -0.3 is 20.0 Å². The van der Waals surface area contributed by atoms with Crippen molar-refractivity contribution in [3.8, 4) is 11.3 Å². The Kier molecular flexibility index (Phi) is 7.20. The first-order valence-electron chi connectivity index (χ1n) is 11.8. The molecule has 188 valence electrons. The molecule has 0 saturated carbocycles. The van der Waals surface area contributed by atoms with E-state index in [4.69, 9.17) is 39.8 Å². The van der Waals surface area contributed by atoms with E-state index in [1.165, 1.54) is 0 Å². The minimum absolute atomic E-state index is 0.105. The van der Waals surface area contributed by atoms with Crippen molar-refractivity contribution in [1.29, 1.82) is 0 Å². The van der Waals surface area contributed by atoms with Gasteiger partial charge >= 0.3 is 0 Å². The first-order valence-corrected chi connectivity index (χ1v) is 12.9. The number of pyridine rings is 1. The summed E-state index contributed by atoms with van der Waals surface area (Å²) in [5.41, 5.74) is 3.05. The lowest BCUT2D eigenvalue weighted by Gasteiger charge is -2.26. The lowest BCUT2D eigenvalue weighted by Crippen LogP contribution is -2.29. The van der Waals surface area contributed by atoms with Crippen LogP contribution < -0.4 is 15.5 Å². The topological polar surface area (TPSA) is 70.4 Å². The second-order valence-electron chi connectivity index (χ2n) is 9.01. The lowest BCUT2D eigenvalue weighted by atomic mass is 10.0. The van der Waals surface area contributed by atoms with E-state index < -0.39 is 0 Å². The molecule has 37 heavy (non-hydrogen) atoms. The van der Waals surface area contributed by atoms with Crippen LogP contribution in [0.5, 0.6) is 0 Å². The fourth-order valence-corrected chi connectivity index (χ4v) is 4.93. The number of rotatable bonds is 6. The number of nitrogens with one attached hydrogen (secondary N) is 2. The van der Waals surface area contributed by atoms with Crippen LogP contribution in [-0.2, 0) is 4.79 Å². The maximum atomic E-state index is 12.2. The van der Waals surface area contributed by atoms with Gasteiger partial charge in [-0.3, -0.25) is 9.78 Å². The molecule has 1 fully saturated rings. The molecule has 2 unspecified atom stereocenters. The normalized spacial score (nSPS) is 17.2. The summed E-state index contributed by atoms with van der Waals surface area (Å²) >= 11 is 18.5. The van der Waals surface area contributed by atoms with Crippen LogP contribution in [0.3, 0.4) is 0 Å². The lowest BCUT2D eigenvalue weighted by molar-refractivity contribution is -0.118. The van der Waals surface area contributed by atoms with E-state index in [0.717, 1.165) is 16.9 Å². The van der Waals surface area contributed by atoms with Crippen molar-refractivity contribution in [3.05, 3.63) is 100 Å². The summed E-state index contributed by atoms with van der Waals surface area (Å²) in [6.07, 6.45) is 1.75. The zero-order valence-corrected chi connectivity index (χ0v) is 22.4. The minimum Gasteiger partial charge on any atom is -0.459 e. The summed E-state index contributed by atoms with van der Waals surface area (Å²) in [4.78, 5) is 18.7. The Labute approximate surface area is 230 Å². The quantitative estimate of drug-likeness (QED) is 0.243. The summed E-state index contributed by atoms with van der Waals surface area (Å²) in [6, 6.07) is 22.0. The first kappa shape index (κ1) is 25.3. The standard InChI is InChI=1S/C28H24Cl2N4O2S/c1-16(2)27(35)32-21-11-10-19(15-20(21)30)34-26(25(33-28(34)37)22-5-3-4-14-31-22)24-13-12-23(36-24)17-6-8-18(29)9-7-17/h3-16,25-26H,1-2H3,(H,32,35)(H,33,37). The highest BCUT2D eigenvalue weighted by atomic mass is 35.5. The fourth-order valence-electron chi connectivity index (χ4n) is 4.24. The van der Waals surface area contributed by atoms with Gasteiger partial charge in [0.25, 0.3) is 0 Å². The van der Waals surface area contributed by atoms with Crippen LogP contribution in [0.1, 0.15) is 37.4 Å². The van der Waals surface area contributed by atoms with Gasteiger partial charge in [0, 0.05) is 28.4 Å². The molecule has 9 heteroatoms. The van der Waals surface area contributed by atoms with Gasteiger partial charge in [-0.1, -0.05) is 43.1 Å². The number of aromatic nitrogens is 1. The third-order valence-electron chi connectivity index (χ3n) is 6.16. The zero-order valence-electron chi connectivity index (χ0n) is 20.1. The van der Waals surface area contributed by atoms with E-state index >= 15 is 0 Å². The van der Waals surface area contributed by atoms with Gasteiger partial charge in [-0.05, 0) is 78.9 Å². The number of carbonyl (C=O) groups excluding carboxylic acids is 1. The van der Waals surface area contributed by atoms with Crippen LogP contribution in [0.2, 0.25) is 10.0 Å². The van der Waals surface area contributed by atoms with Crippen molar-refractivity contribution in [1.82, 2.24) is 10.3 Å². The van der Waals surface area contributed by atoms with Crippen molar-refractivity contribution in [2.24, 2.45) is 5.92 Å². The van der Waals surface area contributed by atoms with Gasteiger partial charge in [0.2, 0.25) is 5.91 Å². The van der Waals surface area contributed by atoms with Gasteiger partial charge in [-0.15, -0.1) is 0 Å². The number of amides is 1. The molecule has 1 amide bonds. The van der Waals surface area contributed by atoms with Crippen molar-refractivity contribution in [3.63, 3.8) is 0 Å². The van der Waals surface area contributed by atoms with Gasteiger partial charge in [0.1, 0.15) is 17.6 Å². The molecule has 4 aromatic rings. The van der Waals surface area contributed by atoms with Crippen molar-refractivity contribution >= 4 is 57.8 Å². The Morgan fingerprint density at radius 1 is 1.08 bits per heavy atom. The van der Waals surface area contributed by atoms with E-state index in [2.05, 4.69) is 15.6 Å². The fraction of sp³-hybridized carbons (Fsp3) is 0.179. The smallest absolute Gasteiger partial charge is 0.226 e. The van der Waals surface area contributed by atoms with E-state index in [9.17, 15) is 4.79 Å². The molecule has 1 aliphatic heterocycles. The molecule has 1 saturated heterocycles. The molecule has 2 atom stereocenters. The van der Waals surface area contributed by atoms with Crippen LogP contribution in [-0.4, -0.2) is 16.0 Å². The zero-order chi connectivity index (χ0) is 26.1. The molecule has 5 rings (SSSR count). The molecule has 6 nitrogen and oxygen atoms in total. The molecule has 0 bridgehead atoms. The van der Waals surface area contributed by atoms with Crippen LogP contribution in [0, 0.1) is 5.92 Å². The maximum Gasteiger partial charge on any atom is 0.226 e. The van der Waals surface area contributed by atoms with Crippen molar-refractivity contribution < 1.29 is 9.21 Å². The van der Waals surface area contributed by atoms with Gasteiger partial charge in [0.05, 0.1) is 22.4 Å². The Morgan fingerprint density at radius 3 is 2.54 bits per heavy atom. The summed E-state index contributed by atoms with van der Waals surface area (Å²) in [7, 11) is 0. The van der Waals surface area contributed by atoms with E-state index in [0.29, 0.717) is 32.4 Å². The molecule has 2 aromatic heterocycles. The summed E-state index contributed by atoms with van der Waals surface area (Å²) in [5.74, 6) is 1.16. The third-order valence-corrected chi connectivity index (χ3v) is 7.04. The third kappa shape index (κ3) is 5.21. The molecule has 1 aliphatic rings. The molecule has 3 heterocycles. The highest BCUT2D eigenvalue weighted by Gasteiger charge is 2.42. The van der Waals surface area contributed by atoms with Crippen molar-refractivity contribution in [2.75, 3.05) is 10.2 Å². The Balaban J connectivity index is 1.54. The molecule has 0 radical (unpaired) electrons. The highest BCUT2D eigenvalue weighted by Crippen LogP contribution is 2.44. The maximum absolute atomic E-state index is 12.2. The number of carbonyl (C=O) groups is 1. The number of halogens is 2. The van der Waals surface area contributed by atoms with E-state index in [1.54, 1.807) is 18.3 Å². The Morgan fingerprint density at radius 2 is 1.86 bits per heavy atom. The van der Waals surface area contributed by atoms with Crippen LogP contribution >= 0.6 is 35.4 Å². The number of hydrogen-bond acceptors (Lipinski definition) is 4. The predicted molar refractivity (Wildman–Crippen MR) is 152 cm³/mol. The predicted octanol–water partition coefficient (Wildman–Crippen LogP) is 7.42. The number of thiocarbonyl (C=S) groups is 1. The van der Waals surface area contributed by atoms with Gasteiger partial charge in [-0.2, -0.15) is 0 Å². The van der Waals surface area contributed by atoms with Crippen LogP contribution in [0.15, 0.2) is 83.4 Å². The average molecular weight is 551 g/mol. The molecule has 0 aliphatic carbocycles. The molecule has 2 aromatic carbocycles. The molecule has 2 N–H and O–H groups in total. The second-order valence-corrected chi connectivity index (χ2v) is 10.2. The number of furan rings is 1. The Hall–Kier alpha value is -3.39. The van der Waals surface area contributed by atoms with Crippen molar-refractivity contribution in [2.45, 2.75) is 25.9 Å². The highest BCUT2D eigenvalue weighted by molar-refractivity contribution is 7.80. The van der Waals surface area contributed by atoms with E-state index in [1.807, 2.05) is 79.4 Å². The molecular formula is C28H24Cl2N4O2S. The summed E-state index contributed by atoms with van der Waals surface area (Å²) in [5, 5.41) is 7.86. The Bertz CT molecular complexity index is 1440. The number of anilines is 2. The summed E-state index contributed by atoms with van der Waals surface area (Å²) in [6.45, 7) is 3.66. The SMILES string of the molecule is CC(C)C(=O)Nc1ccc(N2C(=S)NC(c3ccccn3)C2c2ccc(-c3ccc(Cl)cc3)o2)cc1Cl. The van der Waals surface area contributed by atoms with E-state index in [-0.39, 0.29) is 23.9 Å².